The van der Waals surface area contributed by atoms with Crippen molar-refractivity contribution in [3.63, 3.8) is 0 Å². The van der Waals surface area contributed by atoms with Gasteiger partial charge in [0.1, 0.15) is 11.9 Å². The van der Waals surface area contributed by atoms with Crippen LogP contribution in [-0.2, 0) is 11.3 Å². The highest BCUT2D eigenvalue weighted by atomic mass is 16.5. The molecule has 0 aromatic carbocycles. The van der Waals surface area contributed by atoms with Crippen molar-refractivity contribution < 1.29 is 4.74 Å². The lowest BCUT2D eigenvalue weighted by Crippen LogP contribution is -2.17. The van der Waals surface area contributed by atoms with Crippen LogP contribution in [0.3, 0.4) is 0 Å². The number of H-pyrrole nitrogens is 1. The van der Waals surface area contributed by atoms with Crippen molar-refractivity contribution in [3.05, 3.63) is 27.9 Å². The number of ether oxygens (including phenoxy) is 1. The Bertz CT molecular complexity index is 344. The van der Waals surface area contributed by atoms with E-state index >= 15 is 0 Å². The van der Waals surface area contributed by atoms with Gasteiger partial charge in [-0.3, -0.25) is 4.79 Å². The Kier molecular flexibility index (Phi) is 3.79. The fourth-order valence-corrected chi connectivity index (χ4v) is 1.26. The molecule has 1 aromatic rings. The minimum atomic E-state index is -0.189. The van der Waals surface area contributed by atoms with Crippen LogP contribution in [0.2, 0.25) is 0 Å². The summed E-state index contributed by atoms with van der Waals surface area (Å²) >= 11 is 0. The van der Waals surface area contributed by atoms with E-state index in [9.17, 15) is 4.79 Å². The maximum absolute atomic E-state index is 11.2. The molecular formula is C9H15N3O2. The first kappa shape index (κ1) is 10.9. The van der Waals surface area contributed by atoms with E-state index in [0.29, 0.717) is 11.5 Å². The number of hydrogen-bond acceptors (Lipinski definition) is 4. The van der Waals surface area contributed by atoms with E-state index in [-0.39, 0.29) is 18.2 Å². The molecule has 1 aromatic heterocycles. The van der Waals surface area contributed by atoms with Crippen LogP contribution in [0.4, 0.5) is 0 Å². The second-order valence-corrected chi connectivity index (χ2v) is 2.96. The van der Waals surface area contributed by atoms with E-state index in [1.54, 1.807) is 7.11 Å². The highest BCUT2D eigenvalue weighted by Gasteiger charge is 2.11. The van der Waals surface area contributed by atoms with Crippen molar-refractivity contribution >= 4 is 0 Å². The molecule has 0 bridgehead atoms. The summed E-state index contributed by atoms with van der Waals surface area (Å²) in [6.07, 6.45) is 0.585. The Morgan fingerprint density at radius 1 is 1.71 bits per heavy atom. The standard InChI is InChI=1S/C9H15N3O2/c1-3-7(14-2)9-11-6(5-10)4-8(13)12-9/h4,7H,3,5,10H2,1-2H3,(H,11,12,13). The molecule has 78 valence electrons. The molecular weight excluding hydrogens is 182 g/mol. The summed E-state index contributed by atoms with van der Waals surface area (Å²) in [6, 6.07) is 1.39. The number of rotatable bonds is 4. The van der Waals surface area contributed by atoms with Gasteiger partial charge in [-0.15, -0.1) is 0 Å². The average molecular weight is 197 g/mol. The van der Waals surface area contributed by atoms with Crippen molar-refractivity contribution in [2.45, 2.75) is 26.0 Å². The predicted octanol–water partition coefficient (Wildman–Crippen LogP) is 0.326. The molecule has 5 nitrogen and oxygen atoms in total. The van der Waals surface area contributed by atoms with E-state index in [4.69, 9.17) is 10.5 Å². The molecule has 0 aliphatic carbocycles. The number of hydrogen-bond donors (Lipinski definition) is 2. The highest BCUT2D eigenvalue weighted by molar-refractivity contribution is 5.04. The topological polar surface area (TPSA) is 81.0 Å². The predicted molar refractivity (Wildman–Crippen MR) is 52.8 cm³/mol. The van der Waals surface area contributed by atoms with Crippen LogP contribution < -0.4 is 11.3 Å². The summed E-state index contributed by atoms with van der Waals surface area (Å²) in [6.45, 7) is 2.22. The first-order valence-electron chi connectivity index (χ1n) is 4.54. The maximum Gasteiger partial charge on any atom is 0.251 e. The summed E-state index contributed by atoms with van der Waals surface area (Å²) in [4.78, 5) is 18.0. The van der Waals surface area contributed by atoms with Crippen molar-refractivity contribution in [3.8, 4) is 0 Å². The number of nitrogens with one attached hydrogen (secondary N) is 1. The smallest absolute Gasteiger partial charge is 0.251 e. The van der Waals surface area contributed by atoms with E-state index in [0.717, 1.165) is 6.42 Å². The number of methoxy groups -OCH3 is 1. The van der Waals surface area contributed by atoms with Gasteiger partial charge < -0.3 is 15.5 Å². The van der Waals surface area contributed by atoms with Crippen molar-refractivity contribution in [1.82, 2.24) is 9.97 Å². The van der Waals surface area contributed by atoms with E-state index in [1.165, 1.54) is 6.07 Å². The molecule has 0 fully saturated rings. The Morgan fingerprint density at radius 2 is 2.43 bits per heavy atom. The van der Waals surface area contributed by atoms with Gasteiger partial charge in [0, 0.05) is 19.7 Å². The molecule has 3 N–H and O–H groups in total. The molecule has 0 radical (unpaired) electrons. The van der Waals surface area contributed by atoms with Gasteiger partial charge in [-0.25, -0.2) is 4.98 Å². The van der Waals surface area contributed by atoms with Crippen LogP contribution in [0.5, 0.6) is 0 Å². The molecule has 14 heavy (non-hydrogen) atoms. The zero-order valence-electron chi connectivity index (χ0n) is 8.41. The van der Waals surface area contributed by atoms with Crippen LogP contribution in [0.25, 0.3) is 0 Å². The minimum absolute atomic E-state index is 0.172. The summed E-state index contributed by atoms with van der Waals surface area (Å²) < 4.78 is 5.17. The van der Waals surface area contributed by atoms with Gasteiger partial charge in [-0.05, 0) is 6.42 Å². The molecule has 0 aliphatic heterocycles. The first-order valence-corrected chi connectivity index (χ1v) is 4.54. The summed E-state index contributed by atoms with van der Waals surface area (Å²) in [5.41, 5.74) is 5.81. The molecule has 0 saturated heterocycles. The molecule has 1 unspecified atom stereocenters. The molecule has 1 atom stereocenters. The first-order chi connectivity index (χ1) is 6.71. The van der Waals surface area contributed by atoms with Gasteiger partial charge in [0.2, 0.25) is 0 Å². The van der Waals surface area contributed by atoms with Gasteiger partial charge in [-0.1, -0.05) is 6.92 Å². The normalized spacial score (nSPS) is 12.8. The Balaban J connectivity index is 3.07. The summed E-state index contributed by atoms with van der Waals surface area (Å²) in [7, 11) is 1.59. The fourth-order valence-electron chi connectivity index (χ4n) is 1.26. The Labute approximate surface area is 82.3 Å². The van der Waals surface area contributed by atoms with Gasteiger partial charge in [0.05, 0.1) is 5.69 Å². The lowest BCUT2D eigenvalue weighted by molar-refractivity contribution is 0.0921. The summed E-state index contributed by atoms with van der Waals surface area (Å²) in [5.74, 6) is 0.544. The van der Waals surface area contributed by atoms with Gasteiger partial charge in [0.25, 0.3) is 5.56 Å². The molecule has 0 spiro atoms. The molecule has 5 heteroatoms. The number of nitrogens with zero attached hydrogens (tertiary/aromatic N) is 1. The van der Waals surface area contributed by atoms with Crippen molar-refractivity contribution in [2.75, 3.05) is 7.11 Å². The number of aromatic nitrogens is 2. The zero-order chi connectivity index (χ0) is 10.6. The van der Waals surface area contributed by atoms with Crippen LogP contribution in [0.15, 0.2) is 10.9 Å². The number of aromatic amines is 1. The van der Waals surface area contributed by atoms with Gasteiger partial charge in [-0.2, -0.15) is 0 Å². The van der Waals surface area contributed by atoms with Crippen molar-refractivity contribution in [1.29, 1.82) is 0 Å². The summed E-state index contributed by atoms with van der Waals surface area (Å²) in [5, 5.41) is 0. The van der Waals surface area contributed by atoms with Crippen LogP contribution in [0, 0.1) is 0 Å². The zero-order valence-corrected chi connectivity index (χ0v) is 8.41. The van der Waals surface area contributed by atoms with Crippen LogP contribution in [0.1, 0.15) is 31.0 Å². The van der Waals surface area contributed by atoms with Gasteiger partial charge >= 0.3 is 0 Å². The third-order valence-corrected chi connectivity index (χ3v) is 1.98. The number of nitrogens with two attached hydrogens (primary N) is 1. The molecule has 1 heterocycles. The second-order valence-electron chi connectivity index (χ2n) is 2.96. The lowest BCUT2D eigenvalue weighted by Gasteiger charge is -2.12. The third-order valence-electron chi connectivity index (χ3n) is 1.98. The highest BCUT2D eigenvalue weighted by Crippen LogP contribution is 2.14. The lowest BCUT2D eigenvalue weighted by atomic mass is 10.2. The molecule has 0 saturated carbocycles. The Hall–Kier alpha value is -1.20. The quantitative estimate of drug-likeness (QED) is 0.728. The largest absolute Gasteiger partial charge is 0.374 e. The minimum Gasteiger partial charge on any atom is -0.374 e. The molecule has 1 rings (SSSR count). The van der Waals surface area contributed by atoms with E-state index in [1.807, 2.05) is 6.92 Å². The van der Waals surface area contributed by atoms with E-state index in [2.05, 4.69) is 9.97 Å². The van der Waals surface area contributed by atoms with Crippen molar-refractivity contribution in [2.24, 2.45) is 5.73 Å². The SMILES string of the molecule is CCC(OC)c1nc(CN)cc(=O)[nH]1. The second kappa shape index (κ2) is 4.88. The van der Waals surface area contributed by atoms with Crippen LogP contribution >= 0.6 is 0 Å². The monoisotopic (exact) mass is 197 g/mol. The maximum atomic E-state index is 11.2. The average Bonchev–Trinajstić information content (AvgIpc) is 2.19. The van der Waals surface area contributed by atoms with Crippen LogP contribution in [-0.4, -0.2) is 17.1 Å². The van der Waals surface area contributed by atoms with Gasteiger partial charge in [0.15, 0.2) is 0 Å². The molecule has 0 amide bonds. The fraction of sp³-hybridized carbons (Fsp3) is 0.556. The Morgan fingerprint density at radius 3 is 2.93 bits per heavy atom. The van der Waals surface area contributed by atoms with E-state index < -0.39 is 0 Å². The third kappa shape index (κ3) is 2.40. The molecule has 0 aliphatic rings.